The van der Waals surface area contributed by atoms with Crippen molar-refractivity contribution in [2.45, 2.75) is 75.4 Å². The van der Waals surface area contributed by atoms with Crippen LogP contribution in [-0.4, -0.2) is 31.2 Å². The Morgan fingerprint density at radius 2 is 1.75 bits per heavy atom. The Morgan fingerprint density at radius 1 is 1.05 bits per heavy atom. The van der Waals surface area contributed by atoms with Crippen molar-refractivity contribution < 1.29 is 13.5 Å². The molecule has 20 heavy (non-hydrogen) atoms. The van der Waals surface area contributed by atoms with Gasteiger partial charge in [-0.25, -0.2) is 8.78 Å². The first-order valence-corrected chi connectivity index (χ1v) is 8.23. The lowest BCUT2D eigenvalue weighted by Gasteiger charge is -2.50. The van der Waals surface area contributed by atoms with Crippen LogP contribution in [0.1, 0.15) is 57.8 Å². The Kier molecular flexibility index (Phi) is 4.06. The van der Waals surface area contributed by atoms with Crippen molar-refractivity contribution in [3.63, 3.8) is 0 Å². The van der Waals surface area contributed by atoms with E-state index in [1.807, 2.05) is 7.05 Å². The third-order valence-electron chi connectivity index (χ3n) is 5.91. The van der Waals surface area contributed by atoms with E-state index < -0.39 is 5.92 Å². The van der Waals surface area contributed by atoms with Crippen LogP contribution < -0.4 is 5.32 Å². The Hall–Kier alpha value is -0.220. The van der Waals surface area contributed by atoms with E-state index in [0.717, 1.165) is 19.4 Å². The highest BCUT2D eigenvalue weighted by atomic mass is 19.3. The maximum Gasteiger partial charge on any atom is 0.248 e. The fourth-order valence-electron chi connectivity index (χ4n) is 4.57. The third-order valence-corrected chi connectivity index (χ3v) is 5.91. The van der Waals surface area contributed by atoms with Gasteiger partial charge in [-0.05, 0) is 63.8 Å². The van der Waals surface area contributed by atoms with Gasteiger partial charge in [0.05, 0.1) is 5.60 Å². The van der Waals surface area contributed by atoms with E-state index in [4.69, 9.17) is 4.74 Å². The fourth-order valence-corrected chi connectivity index (χ4v) is 4.57. The van der Waals surface area contributed by atoms with E-state index in [2.05, 4.69) is 5.32 Å². The number of rotatable bonds is 3. The molecule has 2 saturated carbocycles. The normalized spacial score (nSPS) is 34.6. The molecule has 116 valence electrons. The molecule has 0 aromatic carbocycles. The van der Waals surface area contributed by atoms with Gasteiger partial charge in [-0.2, -0.15) is 0 Å². The summed E-state index contributed by atoms with van der Waals surface area (Å²) in [7, 11) is 2.00. The second-order valence-corrected chi connectivity index (χ2v) is 7.15. The van der Waals surface area contributed by atoms with Gasteiger partial charge in [0.2, 0.25) is 5.92 Å². The molecule has 4 heteroatoms. The van der Waals surface area contributed by atoms with Crippen LogP contribution in [0.15, 0.2) is 0 Å². The van der Waals surface area contributed by atoms with E-state index in [1.54, 1.807) is 0 Å². The second kappa shape index (κ2) is 5.53. The van der Waals surface area contributed by atoms with Gasteiger partial charge < -0.3 is 10.1 Å². The molecule has 2 atom stereocenters. The van der Waals surface area contributed by atoms with Gasteiger partial charge in [0.1, 0.15) is 0 Å². The van der Waals surface area contributed by atoms with Crippen LogP contribution >= 0.6 is 0 Å². The number of halogens is 2. The number of hydrogen-bond acceptors (Lipinski definition) is 2. The van der Waals surface area contributed by atoms with Crippen molar-refractivity contribution in [2.24, 2.45) is 11.8 Å². The first kappa shape index (κ1) is 14.7. The topological polar surface area (TPSA) is 21.3 Å². The molecule has 3 aliphatic rings. The van der Waals surface area contributed by atoms with Crippen molar-refractivity contribution in [3.8, 4) is 0 Å². The Morgan fingerprint density at radius 3 is 2.30 bits per heavy atom. The quantitative estimate of drug-likeness (QED) is 0.853. The molecule has 2 aliphatic carbocycles. The summed E-state index contributed by atoms with van der Waals surface area (Å²) >= 11 is 0. The molecule has 1 heterocycles. The van der Waals surface area contributed by atoms with Crippen molar-refractivity contribution >= 4 is 0 Å². The zero-order chi connectivity index (χ0) is 14.2. The van der Waals surface area contributed by atoms with E-state index in [1.165, 1.54) is 19.3 Å². The molecule has 2 nitrogen and oxygen atoms in total. The lowest BCUT2D eigenvalue weighted by Crippen LogP contribution is -2.52. The summed E-state index contributed by atoms with van der Waals surface area (Å²) in [4.78, 5) is 0. The van der Waals surface area contributed by atoms with Crippen LogP contribution in [0, 0.1) is 11.8 Å². The molecule has 0 bridgehead atoms. The highest BCUT2D eigenvalue weighted by molar-refractivity contribution is 4.98. The minimum atomic E-state index is -2.42. The van der Waals surface area contributed by atoms with Gasteiger partial charge in [-0.1, -0.05) is 0 Å². The minimum Gasteiger partial charge on any atom is -0.375 e. The predicted octanol–water partition coefficient (Wildman–Crippen LogP) is 3.75. The maximum atomic E-state index is 13.3. The number of alkyl halides is 2. The largest absolute Gasteiger partial charge is 0.375 e. The van der Waals surface area contributed by atoms with Gasteiger partial charge in [-0.3, -0.25) is 0 Å². The minimum absolute atomic E-state index is 0.0736. The number of hydrogen-bond donors (Lipinski definition) is 1. The van der Waals surface area contributed by atoms with Gasteiger partial charge in [0.15, 0.2) is 0 Å². The maximum absolute atomic E-state index is 13.3. The van der Waals surface area contributed by atoms with Crippen LogP contribution in [0.4, 0.5) is 8.78 Å². The first-order valence-electron chi connectivity index (χ1n) is 8.23. The van der Waals surface area contributed by atoms with Gasteiger partial charge in [0, 0.05) is 25.5 Å². The van der Waals surface area contributed by atoms with Crippen molar-refractivity contribution in [1.82, 2.24) is 5.32 Å². The fraction of sp³-hybridized carbons (Fsp3) is 1.00. The summed E-state index contributed by atoms with van der Waals surface area (Å²) < 4.78 is 32.7. The SMILES string of the molecule is CNC(C1CCC(F)(F)CC1)C1CCOC2(CCC2)C1. The number of nitrogens with one attached hydrogen (secondary N) is 1. The van der Waals surface area contributed by atoms with Crippen LogP contribution in [0.25, 0.3) is 0 Å². The lowest BCUT2D eigenvalue weighted by atomic mass is 9.67. The van der Waals surface area contributed by atoms with Crippen LogP contribution in [0.5, 0.6) is 0 Å². The molecule has 0 aromatic heterocycles. The average molecular weight is 287 g/mol. The van der Waals surface area contributed by atoms with Crippen LogP contribution in [0.2, 0.25) is 0 Å². The molecule has 2 unspecified atom stereocenters. The molecule has 3 rings (SSSR count). The smallest absolute Gasteiger partial charge is 0.248 e. The van der Waals surface area contributed by atoms with Crippen LogP contribution in [-0.2, 0) is 4.74 Å². The van der Waals surface area contributed by atoms with Crippen molar-refractivity contribution in [2.75, 3.05) is 13.7 Å². The van der Waals surface area contributed by atoms with E-state index >= 15 is 0 Å². The zero-order valence-electron chi connectivity index (χ0n) is 12.5. The molecule has 1 saturated heterocycles. The standard InChI is InChI=1S/C16H27F2NO/c1-19-14(12-3-8-16(17,18)9-4-12)13-5-10-20-15(11-13)6-2-7-15/h12-14,19H,2-11H2,1H3. The summed E-state index contributed by atoms with van der Waals surface area (Å²) in [6, 6.07) is 0.396. The summed E-state index contributed by atoms with van der Waals surface area (Å²) in [6.45, 7) is 0.853. The predicted molar refractivity (Wildman–Crippen MR) is 75.0 cm³/mol. The molecule has 0 radical (unpaired) electrons. The van der Waals surface area contributed by atoms with Crippen molar-refractivity contribution in [1.29, 1.82) is 0 Å². The molecule has 1 aliphatic heterocycles. The summed E-state index contributed by atoms with van der Waals surface area (Å²) in [5.41, 5.74) is 0.149. The second-order valence-electron chi connectivity index (χ2n) is 7.15. The Labute approximate surface area is 120 Å². The molecule has 3 fully saturated rings. The molecule has 1 N–H and O–H groups in total. The molecule has 0 aromatic rings. The lowest BCUT2D eigenvalue weighted by molar-refractivity contribution is -0.150. The monoisotopic (exact) mass is 287 g/mol. The van der Waals surface area contributed by atoms with E-state index in [-0.39, 0.29) is 18.4 Å². The summed E-state index contributed by atoms with van der Waals surface area (Å²) in [5, 5.41) is 3.45. The van der Waals surface area contributed by atoms with Crippen molar-refractivity contribution in [3.05, 3.63) is 0 Å². The Balaban J connectivity index is 1.61. The third kappa shape index (κ3) is 2.87. The van der Waals surface area contributed by atoms with E-state index in [0.29, 0.717) is 30.7 Å². The molecular formula is C16H27F2NO. The first-order chi connectivity index (χ1) is 9.54. The molecular weight excluding hydrogens is 260 g/mol. The van der Waals surface area contributed by atoms with E-state index in [9.17, 15) is 8.78 Å². The highest BCUT2D eigenvalue weighted by Crippen LogP contribution is 2.47. The summed E-state index contributed by atoms with van der Waals surface area (Å²) in [6.07, 6.45) is 7.38. The Bertz CT molecular complexity index is 333. The van der Waals surface area contributed by atoms with Gasteiger partial charge >= 0.3 is 0 Å². The van der Waals surface area contributed by atoms with Gasteiger partial charge in [0.25, 0.3) is 0 Å². The average Bonchev–Trinajstić information content (AvgIpc) is 2.40. The summed E-state index contributed by atoms with van der Waals surface area (Å²) in [5.74, 6) is -1.40. The highest BCUT2D eigenvalue weighted by Gasteiger charge is 2.46. The zero-order valence-corrected chi connectivity index (χ0v) is 12.5. The number of ether oxygens (including phenoxy) is 1. The molecule has 0 amide bonds. The van der Waals surface area contributed by atoms with Crippen LogP contribution in [0.3, 0.4) is 0 Å². The van der Waals surface area contributed by atoms with Gasteiger partial charge in [-0.15, -0.1) is 0 Å². The molecule has 1 spiro atoms.